The van der Waals surface area contributed by atoms with Crippen LogP contribution in [-0.4, -0.2) is 34.7 Å². The summed E-state index contributed by atoms with van der Waals surface area (Å²) in [7, 11) is 0. The van der Waals surface area contributed by atoms with Gasteiger partial charge >= 0.3 is 11.4 Å². The second kappa shape index (κ2) is 6.14. The minimum atomic E-state index is -0.535. The summed E-state index contributed by atoms with van der Waals surface area (Å²) in [5.41, 5.74) is -0.219. The summed E-state index contributed by atoms with van der Waals surface area (Å²) in [6.45, 7) is 0.792. The monoisotopic (exact) mass is 530 g/mol. The lowest BCUT2D eigenvalue weighted by atomic mass is 10.4. The summed E-state index contributed by atoms with van der Waals surface area (Å²) in [5.74, 6) is 0. The van der Waals surface area contributed by atoms with Crippen molar-refractivity contribution in [3.05, 3.63) is 34.0 Å². The van der Waals surface area contributed by atoms with Crippen LogP contribution >= 0.6 is 59.6 Å². The zero-order valence-electron chi connectivity index (χ0n) is 10.8. The van der Waals surface area contributed by atoms with Crippen molar-refractivity contribution in [2.75, 3.05) is 0 Å². The van der Waals surface area contributed by atoms with E-state index in [1.54, 1.807) is 4.68 Å². The molecule has 0 amide bonds. The first-order valence-corrected chi connectivity index (χ1v) is 9.19. The van der Waals surface area contributed by atoms with E-state index >= 15 is 0 Å². The summed E-state index contributed by atoms with van der Waals surface area (Å²) in [6, 6.07) is 0. The van der Waals surface area contributed by atoms with E-state index in [9.17, 15) is 20.2 Å². The summed E-state index contributed by atoms with van der Waals surface area (Å²) < 4.78 is 3.58. The van der Waals surface area contributed by atoms with E-state index in [0.29, 0.717) is 18.1 Å². The Hall–Kier alpha value is -0.990. The molecule has 1 aliphatic heterocycles. The van der Waals surface area contributed by atoms with Crippen LogP contribution in [-0.2, 0) is 13.1 Å². The molecule has 0 spiro atoms. The number of nitrogens with zero attached hydrogens (tertiary/aromatic N) is 6. The molecule has 0 fully saturated rings. The molecule has 2 aromatic rings. The molecule has 3 rings (SSSR count). The maximum absolute atomic E-state index is 11.1. The Morgan fingerprint density at radius 2 is 1.74 bits per heavy atom. The molecular weight excluding hydrogens is 528 g/mol. The summed E-state index contributed by atoms with van der Waals surface area (Å²) in [5, 5.41) is 30.6. The van der Waals surface area contributed by atoms with Crippen LogP contribution in [0.2, 0.25) is 0 Å². The molecule has 0 bridgehead atoms. The van der Waals surface area contributed by atoms with E-state index < -0.39 is 9.85 Å². The van der Waals surface area contributed by atoms with Gasteiger partial charge in [0.1, 0.15) is 0 Å². The molecule has 0 radical (unpaired) electrons. The van der Waals surface area contributed by atoms with Crippen molar-refractivity contribution in [1.29, 1.82) is 0 Å². The lowest BCUT2D eigenvalue weighted by Gasteiger charge is -2.08. The van der Waals surface area contributed by atoms with Crippen LogP contribution in [0.1, 0.15) is 0 Å². The average Bonchev–Trinajstić information content (AvgIpc) is 3.00. The highest BCUT2D eigenvalue weighted by atomic mass is 79.9. The van der Waals surface area contributed by atoms with E-state index in [1.807, 2.05) is 0 Å². The minimum absolute atomic E-state index is 0.0656. The Balaban J connectivity index is 1.83. The third kappa shape index (κ3) is 2.92. The SMILES string of the molecule is O=[N+]([O-])c1c(Br)nn(CC2Cn3nc(Br)c([N+](=O)[O-])c3S2)c1Br. The van der Waals surface area contributed by atoms with Crippen molar-refractivity contribution in [2.24, 2.45) is 0 Å². The normalized spacial score (nSPS) is 16.6. The van der Waals surface area contributed by atoms with Crippen molar-refractivity contribution >= 4 is 70.9 Å². The van der Waals surface area contributed by atoms with Gasteiger partial charge in [0.2, 0.25) is 9.21 Å². The minimum Gasteiger partial charge on any atom is -0.258 e. The third-order valence-electron chi connectivity index (χ3n) is 3.06. The van der Waals surface area contributed by atoms with E-state index in [2.05, 4.69) is 58.0 Å². The van der Waals surface area contributed by atoms with Crippen LogP contribution in [0.5, 0.6) is 0 Å². The van der Waals surface area contributed by atoms with Crippen molar-refractivity contribution < 1.29 is 9.85 Å². The lowest BCUT2D eigenvalue weighted by molar-refractivity contribution is -0.388. The molecule has 1 atom stereocenters. The molecule has 3 heterocycles. The highest BCUT2D eigenvalue weighted by Gasteiger charge is 2.36. The maximum Gasteiger partial charge on any atom is 0.335 e. The fraction of sp³-hybridized carbons (Fsp3) is 0.333. The van der Waals surface area contributed by atoms with Gasteiger partial charge in [-0.2, -0.15) is 10.2 Å². The third-order valence-corrected chi connectivity index (χ3v) is 6.18. The van der Waals surface area contributed by atoms with Gasteiger partial charge in [-0.3, -0.25) is 20.2 Å². The van der Waals surface area contributed by atoms with Gasteiger partial charge in [-0.25, -0.2) is 9.36 Å². The second-order valence-electron chi connectivity index (χ2n) is 4.49. The predicted molar refractivity (Wildman–Crippen MR) is 90.5 cm³/mol. The first-order valence-electron chi connectivity index (χ1n) is 5.93. The Bertz CT molecular complexity index is 836. The van der Waals surface area contributed by atoms with E-state index in [0.717, 1.165) is 0 Å². The fourth-order valence-electron chi connectivity index (χ4n) is 2.16. The summed E-state index contributed by atoms with van der Waals surface area (Å²) in [4.78, 5) is 21.0. The summed E-state index contributed by atoms with van der Waals surface area (Å²) in [6.07, 6.45) is 0. The Kier molecular flexibility index (Phi) is 4.50. The molecule has 23 heavy (non-hydrogen) atoms. The van der Waals surface area contributed by atoms with Gasteiger partial charge in [0.15, 0.2) is 9.63 Å². The largest absolute Gasteiger partial charge is 0.335 e. The molecule has 0 saturated heterocycles. The molecule has 0 saturated carbocycles. The zero-order valence-corrected chi connectivity index (χ0v) is 16.4. The van der Waals surface area contributed by atoms with Gasteiger partial charge in [-0.1, -0.05) is 11.8 Å². The molecule has 1 aliphatic rings. The van der Waals surface area contributed by atoms with Crippen LogP contribution in [0.15, 0.2) is 18.8 Å². The molecular formula is C9H5Br3N6O4S. The number of nitro groups is 2. The zero-order chi connectivity index (χ0) is 16.9. The first kappa shape index (κ1) is 16.9. The molecule has 14 heteroatoms. The van der Waals surface area contributed by atoms with Gasteiger partial charge < -0.3 is 0 Å². The van der Waals surface area contributed by atoms with Crippen LogP contribution in [0.3, 0.4) is 0 Å². The Labute approximate surface area is 157 Å². The maximum atomic E-state index is 11.1. The number of thioether (sulfide) groups is 1. The molecule has 0 aromatic carbocycles. The number of aromatic nitrogens is 4. The fourth-order valence-corrected chi connectivity index (χ4v) is 5.42. The van der Waals surface area contributed by atoms with Gasteiger partial charge in [0.05, 0.1) is 28.2 Å². The van der Waals surface area contributed by atoms with Crippen LogP contribution in [0.4, 0.5) is 11.4 Å². The van der Waals surface area contributed by atoms with Gasteiger partial charge in [-0.15, -0.1) is 0 Å². The topological polar surface area (TPSA) is 122 Å². The molecule has 10 nitrogen and oxygen atoms in total. The van der Waals surface area contributed by atoms with Crippen LogP contribution in [0, 0.1) is 20.2 Å². The number of hydrogen-bond donors (Lipinski definition) is 0. The number of fused-ring (bicyclic) bond motifs is 1. The predicted octanol–water partition coefficient (Wildman–Crippen LogP) is 3.36. The number of hydrogen-bond acceptors (Lipinski definition) is 7. The lowest BCUT2D eigenvalue weighted by Crippen LogP contribution is -2.16. The van der Waals surface area contributed by atoms with Crippen molar-refractivity contribution in [1.82, 2.24) is 19.6 Å². The smallest absolute Gasteiger partial charge is 0.258 e. The molecule has 122 valence electrons. The quantitative estimate of drug-likeness (QED) is 0.437. The van der Waals surface area contributed by atoms with E-state index in [1.165, 1.54) is 16.4 Å². The highest BCUT2D eigenvalue weighted by molar-refractivity contribution is 9.11. The first-order chi connectivity index (χ1) is 10.8. The summed E-state index contributed by atoms with van der Waals surface area (Å²) >= 11 is 10.6. The molecule has 2 aromatic heterocycles. The molecule has 0 N–H and O–H groups in total. The van der Waals surface area contributed by atoms with Crippen molar-refractivity contribution in [3.8, 4) is 0 Å². The van der Waals surface area contributed by atoms with Crippen LogP contribution in [0.25, 0.3) is 0 Å². The van der Waals surface area contributed by atoms with Gasteiger partial charge in [0.25, 0.3) is 0 Å². The highest BCUT2D eigenvalue weighted by Crippen LogP contribution is 2.43. The second-order valence-corrected chi connectivity index (χ2v) is 8.04. The molecule has 1 unspecified atom stereocenters. The van der Waals surface area contributed by atoms with Gasteiger partial charge in [0, 0.05) is 0 Å². The Morgan fingerprint density at radius 1 is 1.13 bits per heavy atom. The van der Waals surface area contributed by atoms with Crippen molar-refractivity contribution in [2.45, 2.75) is 23.4 Å². The van der Waals surface area contributed by atoms with E-state index in [-0.39, 0.29) is 30.4 Å². The Morgan fingerprint density at radius 3 is 2.30 bits per heavy atom. The van der Waals surface area contributed by atoms with E-state index in [4.69, 9.17) is 0 Å². The standard InChI is InChI=1S/C9H5Br3N6O4S/c10-6-4(17(19)20)8(12)15(13-6)1-3-2-16-9(23-3)5(18(21)22)7(11)14-16/h3H,1-2H2. The number of rotatable bonds is 4. The van der Waals surface area contributed by atoms with Crippen LogP contribution < -0.4 is 0 Å². The number of halogens is 3. The van der Waals surface area contributed by atoms with Gasteiger partial charge in [-0.05, 0) is 47.8 Å². The van der Waals surface area contributed by atoms with Crippen molar-refractivity contribution in [3.63, 3.8) is 0 Å². The molecule has 0 aliphatic carbocycles. The average molecular weight is 533 g/mol.